The van der Waals surface area contributed by atoms with Gasteiger partial charge in [0.15, 0.2) is 0 Å². The second-order valence-electron chi connectivity index (χ2n) is 4.68. The van der Waals surface area contributed by atoms with Crippen LogP contribution in [0.25, 0.3) is 0 Å². The zero-order chi connectivity index (χ0) is 13.1. The Kier molecular flexibility index (Phi) is 3.66. The van der Waals surface area contributed by atoms with E-state index >= 15 is 0 Å². The molecule has 0 radical (unpaired) electrons. The van der Waals surface area contributed by atoms with Crippen LogP contribution in [-0.2, 0) is 0 Å². The maximum absolute atomic E-state index is 10.8. The number of nitro groups is 1. The van der Waals surface area contributed by atoms with Crippen molar-refractivity contribution in [3.05, 3.63) is 28.3 Å². The van der Waals surface area contributed by atoms with Crippen molar-refractivity contribution in [3.63, 3.8) is 0 Å². The molecule has 6 nitrogen and oxygen atoms in total. The first-order valence-electron chi connectivity index (χ1n) is 6.05. The van der Waals surface area contributed by atoms with E-state index in [1.807, 2.05) is 0 Å². The summed E-state index contributed by atoms with van der Waals surface area (Å²) in [5.74, 6) is 0. The molecule has 0 unspecified atom stereocenters. The lowest BCUT2D eigenvalue weighted by atomic mass is 10.2. The number of nitrogen functional groups attached to an aromatic ring is 1. The Morgan fingerprint density at radius 3 is 2.72 bits per heavy atom. The smallest absolute Gasteiger partial charge is 0.273 e. The highest BCUT2D eigenvalue weighted by molar-refractivity contribution is 5.62. The van der Waals surface area contributed by atoms with Gasteiger partial charge < -0.3 is 15.5 Å². The standard InChI is InChI=1S/C12H18N4O2/c1-14-3-2-4-15(6-5-14)11-7-10(13)8-12(9-11)16(17)18/h7-9H,2-6,13H2,1H3. The van der Waals surface area contributed by atoms with Crippen molar-refractivity contribution in [1.29, 1.82) is 0 Å². The molecule has 0 amide bonds. The molecular weight excluding hydrogens is 232 g/mol. The molecule has 1 fully saturated rings. The van der Waals surface area contributed by atoms with Crippen LogP contribution in [0, 0.1) is 10.1 Å². The van der Waals surface area contributed by atoms with E-state index in [0.717, 1.165) is 38.3 Å². The predicted octanol–water partition coefficient (Wildman–Crippen LogP) is 1.32. The lowest BCUT2D eigenvalue weighted by Gasteiger charge is -2.22. The fourth-order valence-corrected chi connectivity index (χ4v) is 2.21. The molecule has 0 spiro atoms. The van der Waals surface area contributed by atoms with E-state index < -0.39 is 4.92 Å². The highest BCUT2D eigenvalue weighted by Gasteiger charge is 2.16. The minimum Gasteiger partial charge on any atom is -0.398 e. The summed E-state index contributed by atoms with van der Waals surface area (Å²) in [5.41, 5.74) is 7.07. The summed E-state index contributed by atoms with van der Waals surface area (Å²) in [4.78, 5) is 14.9. The van der Waals surface area contributed by atoms with Crippen LogP contribution >= 0.6 is 0 Å². The SMILES string of the molecule is CN1CCCN(c2cc(N)cc([N+](=O)[O-])c2)CC1. The molecular formula is C12H18N4O2. The number of rotatable bonds is 2. The summed E-state index contributed by atoms with van der Waals surface area (Å²) >= 11 is 0. The van der Waals surface area contributed by atoms with Gasteiger partial charge in [0.2, 0.25) is 0 Å². The Morgan fingerprint density at radius 1 is 1.22 bits per heavy atom. The van der Waals surface area contributed by atoms with Gasteiger partial charge in [-0.2, -0.15) is 0 Å². The number of non-ortho nitro benzene ring substituents is 1. The molecule has 2 N–H and O–H groups in total. The van der Waals surface area contributed by atoms with Crippen molar-refractivity contribution >= 4 is 17.1 Å². The molecule has 1 aliphatic rings. The number of hydrogen-bond donors (Lipinski definition) is 1. The average molecular weight is 250 g/mol. The van der Waals surface area contributed by atoms with Gasteiger partial charge in [-0.1, -0.05) is 0 Å². The van der Waals surface area contributed by atoms with Gasteiger partial charge in [0, 0.05) is 43.1 Å². The van der Waals surface area contributed by atoms with Gasteiger partial charge in [0.1, 0.15) is 0 Å². The molecule has 0 aromatic heterocycles. The lowest BCUT2D eigenvalue weighted by molar-refractivity contribution is -0.384. The molecule has 0 aliphatic carbocycles. The summed E-state index contributed by atoms with van der Waals surface area (Å²) in [5, 5.41) is 10.8. The summed E-state index contributed by atoms with van der Waals surface area (Å²) in [6, 6.07) is 4.80. The molecule has 1 saturated heterocycles. The predicted molar refractivity (Wildman–Crippen MR) is 71.8 cm³/mol. The topological polar surface area (TPSA) is 75.6 Å². The minimum atomic E-state index is -0.399. The Morgan fingerprint density at radius 2 is 2.00 bits per heavy atom. The molecule has 1 aliphatic heterocycles. The monoisotopic (exact) mass is 250 g/mol. The fourth-order valence-electron chi connectivity index (χ4n) is 2.21. The largest absolute Gasteiger partial charge is 0.398 e. The Labute approximate surface area is 106 Å². The lowest BCUT2D eigenvalue weighted by Crippen LogP contribution is -2.28. The van der Waals surface area contributed by atoms with E-state index in [9.17, 15) is 10.1 Å². The zero-order valence-electron chi connectivity index (χ0n) is 10.5. The molecule has 1 aromatic carbocycles. The van der Waals surface area contributed by atoms with Crippen molar-refractivity contribution < 1.29 is 4.92 Å². The van der Waals surface area contributed by atoms with Crippen LogP contribution in [0.4, 0.5) is 17.1 Å². The van der Waals surface area contributed by atoms with Crippen LogP contribution in [0.3, 0.4) is 0 Å². The van der Waals surface area contributed by atoms with Gasteiger partial charge in [-0.05, 0) is 26.1 Å². The summed E-state index contributed by atoms with van der Waals surface area (Å²) in [6.07, 6.45) is 1.05. The molecule has 98 valence electrons. The normalized spacial score (nSPS) is 17.5. The van der Waals surface area contributed by atoms with Crippen molar-refractivity contribution in [2.24, 2.45) is 0 Å². The van der Waals surface area contributed by atoms with Gasteiger partial charge in [0.05, 0.1) is 4.92 Å². The number of hydrogen-bond acceptors (Lipinski definition) is 5. The molecule has 0 atom stereocenters. The summed E-state index contributed by atoms with van der Waals surface area (Å²) in [6.45, 7) is 3.80. The number of nitrogens with two attached hydrogens (primary N) is 1. The molecule has 0 saturated carbocycles. The first-order chi connectivity index (χ1) is 8.56. The maximum Gasteiger partial charge on any atom is 0.273 e. The Hall–Kier alpha value is -1.82. The molecule has 1 heterocycles. The van der Waals surface area contributed by atoms with Crippen molar-refractivity contribution in [2.75, 3.05) is 43.9 Å². The number of likely N-dealkylation sites (N-methyl/N-ethyl adjacent to an activating group) is 1. The molecule has 18 heavy (non-hydrogen) atoms. The maximum atomic E-state index is 10.8. The number of benzene rings is 1. The van der Waals surface area contributed by atoms with E-state index in [1.165, 1.54) is 6.07 Å². The van der Waals surface area contributed by atoms with Crippen LogP contribution in [0.15, 0.2) is 18.2 Å². The first kappa shape index (κ1) is 12.6. The number of nitrogens with zero attached hydrogens (tertiary/aromatic N) is 3. The van der Waals surface area contributed by atoms with Gasteiger partial charge in [-0.3, -0.25) is 10.1 Å². The third-order valence-corrected chi connectivity index (χ3v) is 3.22. The third-order valence-electron chi connectivity index (χ3n) is 3.22. The quantitative estimate of drug-likeness (QED) is 0.486. The van der Waals surface area contributed by atoms with Crippen LogP contribution in [-0.4, -0.2) is 43.0 Å². The zero-order valence-corrected chi connectivity index (χ0v) is 10.5. The Balaban J connectivity index is 2.24. The molecule has 2 rings (SSSR count). The van der Waals surface area contributed by atoms with E-state index in [1.54, 1.807) is 12.1 Å². The van der Waals surface area contributed by atoms with Crippen molar-refractivity contribution in [2.45, 2.75) is 6.42 Å². The summed E-state index contributed by atoms with van der Waals surface area (Å²) < 4.78 is 0. The van der Waals surface area contributed by atoms with Crippen LogP contribution in [0.1, 0.15) is 6.42 Å². The molecule has 6 heteroatoms. The third kappa shape index (κ3) is 2.89. The van der Waals surface area contributed by atoms with Crippen molar-refractivity contribution in [1.82, 2.24) is 4.90 Å². The Bertz CT molecular complexity index is 450. The van der Waals surface area contributed by atoms with Gasteiger partial charge in [-0.15, -0.1) is 0 Å². The van der Waals surface area contributed by atoms with Gasteiger partial charge in [0.25, 0.3) is 5.69 Å². The van der Waals surface area contributed by atoms with Gasteiger partial charge >= 0.3 is 0 Å². The van der Waals surface area contributed by atoms with Gasteiger partial charge in [-0.25, -0.2) is 0 Å². The minimum absolute atomic E-state index is 0.0580. The van der Waals surface area contributed by atoms with E-state index in [2.05, 4.69) is 16.8 Å². The first-order valence-corrected chi connectivity index (χ1v) is 6.05. The van der Waals surface area contributed by atoms with E-state index in [0.29, 0.717) is 5.69 Å². The second kappa shape index (κ2) is 5.22. The average Bonchev–Trinajstić information content (AvgIpc) is 2.53. The van der Waals surface area contributed by atoms with Crippen LogP contribution in [0.2, 0.25) is 0 Å². The second-order valence-corrected chi connectivity index (χ2v) is 4.68. The van der Waals surface area contributed by atoms with E-state index in [4.69, 9.17) is 5.73 Å². The number of anilines is 2. The molecule has 1 aromatic rings. The highest BCUT2D eigenvalue weighted by atomic mass is 16.6. The highest BCUT2D eigenvalue weighted by Crippen LogP contribution is 2.26. The van der Waals surface area contributed by atoms with E-state index in [-0.39, 0.29) is 5.69 Å². The summed E-state index contributed by atoms with van der Waals surface area (Å²) in [7, 11) is 2.09. The number of nitro benzene ring substituents is 1. The van der Waals surface area contributed by atoms with Crippen LogP contribution < -0.4 is 10.6 Å². The van der Waals surface area contributed by atoms with Crippen LogP contribution in [0.5, 0.6) is 0 Å². The fraction of sp³-hybridized carbons (Fsp3) is 0.500. The molecule has 0 bridgehead atoms. The van der Waals surface area contributed by atoms with Crippen molar-refractivity contribution in [3.8, 4) is 0 Å².